The second-order valence-electron chi connectivity index (χ2n) is 6.80. The van der Waals surface area contributed by atoms with Gasteiger partial charge in [-0.15, -0.1) is 0 Å². The Morgan fingerprint density at radius 2 is 1.76 bits per heavy atom. The summed E-state index contributed by atoms with van der Waals surface area (Å²) in [5, 5.41) is 12.9. The van der Waals surface area contributed by atoms with Crippen LogP contribution in [0.15, 0.2) is 24.3 Å². The van der Waals surface area contributed by atoms with Crippen molar-refractivity contribution in [2.24, 2.45) is 0 Å². The van der Waals surface area contributed by atoms with E-state index in [-0.39, 0.29) is 24.8 Å². The van der Waals surface area contributed by atoms with Gasteiger partial charge in [0, 0.05) is 25.1 Å². The van der Waals surface area contributed by atoms with Crippen LogP contribution in [-0.4, -0.2) is 73.1 Å². The van der Waals surface area contributed by atoms with Gasteiger partial charge in [-0.2, -0.15) is 0 Å². The number of carbonyl (C=O) groups excluding carboxylic acids is 2. The zero-order valence-corrected chi connectivity index (χ0v) is 17.4. The maximum Gasteiger partial charge on any atom is 0.303 e. The Labute approximate surface area is 172 Å². The lowest BCUT2D eigenvalue weighted by atomic mass is 10.3. The number of carboxylic acid groups (broad SMARTS) is 1. The number of ether oxygens (including phenoxy) is 1. The van der Waals surface area contributed by atoms with Gasteiger partial charge in [0.2, 0.25) is 5.91 Å². The van der Waals surface area contributed by atoms with Gasteiger partial charge in [0.05, 0.1) is 13.2 Å². The minimum atomic E-state index is -0.844. The topological polar surface area (TPSA) is 111 Å². The van der Waals surface area contributed by atoms with Gasteiger partial charge in [-0.05, 0) is 64.7 Å². The summed E-state index contributed by atoms with van der Waals surface area (Å²) in [5.41, 5.74) is 3.39. The smallest absolute Gasteiger partial charge is 0.303 e. The first-order valence-corrected chi connectivity index (χ1v) is 9.75. The molecule has 2 amide bonds. The Morgan fingerprint density at radius 3 is 2.34 bits per heavy atom. The van der Waals surface area contributed by atoms with Crippen molar-refractivity contribution in [2.75, 3.05) is 45.7 Å². The number of nitrogens with zero attached hydrogens (tertiary/aromatic N) is 2. The maximum atomic E-state index is 12.3. The van der Waals surface area contributed by atoms with Gasteiger partial charge in [-0.3, -0.25) is 24.8 Å². The van der Waals surface area contributed by atoms with E-state index >= 15 is 0 Å². The van der Waals surface area contributed by atoms with E-state index in [1.165, 1.54) is 5.01 Å². The summed E-state index contributed by atoms with van der Waals surface area (Å²) in [6.45, 7) is 3.37. The number of aliphatic carboxylic acids is 1. The van der Waals surface area contributed by atoms with Crippen molar-refractivity contribution < 1.29 is 24.2 Å². The van der Waals surface area contributed by atoms with E-state index in [1.54, 1.807) is 31.2 Å². The fourth-order valence-corrected chi connectivity index (χ4v) is 2.44. The first kappa shape index (κ1) is 24.2. The summed E-state index contributed by atoms with van der Waals surface area (Å²) in [4.78, 5) is 36.8. The van der Waals surface area contributed by atoms with Crippen LogP contribution >= 0.6 is 0 Å². The highest BCUT2D eigenvalue weighted by Crippen LogP contribution is 2.16. The highest BCUT2D eigenvalue weighted by atomic mass is 16.5. The maximum absolute atomic E-state index is 12.3. The highest BCUT2D eigenvalue weighted by molar-refractivity contribution is 5.84. The lowest BCUT2D eigenvalue weighted by molar-refractivity contribution is -0.140. The zero-order valence-electron chi connectivity index (χ0n) is 17.4. The number of hydrogen-bond acceptors (Lipinski definition) is 6. The number of benzene rings is 1. The average Bonchev–Trinajstić information content (AvgIpc) is 2.68. The number of amides is 2. The number of rotatable bonds is 13. The lowest BCUT2D eigenvalue weighted by Gasteiger charge is -2.22. The summed E-state index contributed by atoms with van der Waals surface area (Å²) in [6, 6.07) is 7.04. The first-order chi connectivity index (χ1) is 13.8. The van der Waals surface area contributed by atoms with Crippen LogP contribution in [0.2, 0.25) is 0 Å². The molecule has 0 saturated carbocycles. The van der Waals surface area contributed by atoms with Crippen molar-refractivity contribution in [1.29, 1.82) is 0 Å². The summed E-state index contributed by atoms with van der Waals surface area (Å²) in [7, 11) is 3.90. The fourth-order valence-electron chi connectivity index (χ4n) is 2.44. The molecule has 1 aromatic rings. The van der Waals surface area contributed by atoms with Crippen LogP contribution in [0.4, 0.5) is 5.69 Å². The molecule has 29 heavy (non-hydrogen) atoms. The van der Waals surface area contributed by atoms with Crippen molar-refractivity contribution in [3.8, 4) is 5.75 Å². The molecule has 1 aromatic carbocycles. The van der Waals surface area contributed by atoms with Gasteiger partial charge >= 0.3 is 5.97 Å². The average molecular weight is 408 g/mol. The Kier molecular flexibility index (Phi) is 11.2. The summed E-state index contributed by atoms with van der Waals surface area (Å²) < 4.78 is 5.47. The normalized spacial score (nSPS) is 10.5. The van der Waals surface area contributed by atoms with Crippen LogP contribution in [0.5, 0.6) is 5.75 Å². The zero-order chi connectivity index (χ0) is 21.6. The molecule has 1 rings (SSSR count). The SMILES string of the molecule is CCN(NC(=O)CCCN(C)C)C(=O)CNc1ccc(OCCCC(=O)O)cc1. The minimum absolute atomic E-state index is 0.0463. The molecule has 0 fully saturated rings. The van der Waals surface area contributed by atoms with Gasteiger partial charge < -0.3 is 20.1 Å². The van der Waals surface area contributed by atoms with Crippen LogP contribution in [0.1, 0.15) is 32.6 Å². The third-order valence-corrected chi connectivity index (χ3v) is 3.99. The number of anilines is 1. The van der Waals surface area contributed by atoms with Crippen molar-refractivity contribution in [1.82, 2.24) is 15.3 Å². The predicted octanol–water partition coefficient (Wildman–Crippen LogP) is 1.56. The molecule has 0 aliphatic heterocycles. The quantitative estimate of drug-likeness (QED) is 0.335. The molecule has 0 unspecified atom stereocenters. The predicted molar refractivity (Wildman–Crippen MR) is 111 cm³/mol. The van der Waals surface area contributed by atoms with Crippen LogP contribution in [0.3, 0.4) is 0 Å². The van der Waals surface area contributed by atoms with Crippen molar-refractivity contribution in [3.63, 3.8) is 0 Å². The summed E-state index contributed by atoms with van der Waals surface area (Å²) >= 11 is 0. The number of carbonyl (C=O) groups is 3. The number of carboxylic acids is 1. The Morgan fingerprint density at radius 1 is 1.07 bits per heavy atom. The van der Waals surface area contributed by atoms with Gasteiger partial charge in [0.15, 0.2) is 0 Å². The molecule has 162 valence electrons. The van der Waals surface area contributed by atoms with Crippen LogP contribution in [0.25, 0.3) is 0 Å². The minimum Gasteiger partial charge on any atom is -0.494 e. The highest BCUT2D eigenvalue weighted by Gasteiger charge is 2.14. The Hall–Kier alpha value is -2.81. The third-order valence-electron chi connectivity index (χ3n) is 3.99. The molecule has 9 nitrogen and oxygen atoms in total. The molecule has 3 N–H and O–H groups in total. The molecular formula is C20H32N4O5. The molecule has 0 aromatic heterocycles. The number of hydrogen-bond donors (Lipinski definition) is 3. The van der Waals surface area contributed by atoms with Gasteiger partial charge in [0.25, 0.3) is 5.91 Å². The van der Waals surface area contributed by atoms with Gasteiger partial charge in [-0.1, -0.05) is 0 Å². The summed E-state index contributed by atoms with van der Waals surface area (Å²) in [6.07, 6.45) is 1.61. The van der Waals surface area contributed by atoms with E-state index in [2.05, 4.69) is 10.7 Å². The van der Waals surface area contributed by atoms with E-state index in [1.807, 2.05) is 19.0 Å². The molecule has 0 atom stereocenters. The molecule has 0 aliphatic rings. The molecule has 0 heterocycles. The third kappa shape index (κ3) is 10.9. The van der Waals surface area contributed by atoms with Gasteiger partial charge in [-0.25, -0.2) is 0 Å². The standard InChI is InChI=1S/C20H32N4O5/c1-4-24(22-18(25)7-5-13-23(2)3)19(26)15-21-16-9-11-17(12-10-16)29-14-6-8-20(27)28/h9-12,21H,4-8,13-15H2,1-3H3,(H,22,25)(H,27,28). The number of likely N-dealkylation sites (N-methyl/N-ethyl adjacent to an activating group) is 1. The van der Waals surface area contributed by atoms with E-state index in [0.29, 0.717) is 31.7 Å². The fraction of sp³-hybridized carbons (Fsp3) is 0.550. The van der Waals surface area contributed by atoms with Crippen molar-refractivity contribution in [2.45, 2.75) is 32.6 Å². The van der Waals surface area contributed by atoms with Crippen molar-refractivity contribution in [3.05, 3.63) is 24.3 Å². The van der Waals surface area contributed by atoms with E-state index in [9.17, 15) is 14.4 Å². The summed E-state index contributed by atoms with van der Waals surface area (Å²) in [5.74, 6) is -0.620. The molecule has 0 spiro atoms. The Balaban J connectivity index is 2.37. The van der Waals surface area contributed by atoms with Crippen LogP contribution in [-0.2, 0) is 14.4 Å². The molecule has 0 saturated heterocycles. The van der Waals surface area contributed by atoms with Crippen LogP contribution < -0.4 is 15.5 Å². The molecule has 9 heteroatoms. The molecule has 0 radical (unpaired) electrons. The second kappa shape index (κ2) is 13.4. The van der Waals surface area contributed by atoms with Crippen LogP contribution in [0, 0.1) is 0 Å². The van der Waals surface area contributed by atoms with Gasteiger partial charge in [0.1, 0.15) is 5.75 Å². The first-order valence-electron chi connectivity index (χ1n) is 9.75. The van der Waals surface area contributed by atoms with Crippen molar-refractivity contribution >= 4 is 23.5 Å². The lowest BCUT2D eigenvalue weighted by Crippen LogP contribution is -2.48. The number of hydrazine groups is 1. The molecule has 0 aliphatic carbocycles. The molecule has 0 bridgehead atoms. The van der Waals surface area contributed by atoms with E-state index < -0.39 is 5.97 Å². The van der Waals surface area contributed by atoms with E-state index in [0.717, 1.165) is 18.7 Å². The van der Waals surface area contributed by atoms with E-state index in [4.69, 9.17) is 9.84 Å². The second-order valence-corrected chi connectivity index (χ2v) is 6.80. The largest absolute Gasteiger partial charge is 0.494 e. The Bertz CT molecular complexity index is 649. The monoisotopic (exact) mass is 408 g/mol. The number of nitrogens with one attached hydrogen (secondary N) is 2. The molecular weight excluding hydrogens is 376 g/mol.